The van der Waals surface area contributed by atoms with E-state index in [0.717, 1.165) is 28.6 Å². The Labute approximate surface area is 179 Å². The molecule has 1 fully saturated rings. The second kappa shape index (κ2) is 7.96. The number of methoxy groups -OCH3 is 1. The number of H-pyrrole nitrogens is 1. The largest absolute Gasteiger partial charge is 0.497 e. The molecular weight excluding hydrogens is 398 g/mol. The summed E-state index contributed by atoms with van der Waals surface area (Å²) in [6.45, 7) is 1.51. The number of carbonyl (C=O) groups is 2. The van der Waals surface area contributed by atoms with Gasteiger partial charge in [-0.3, -0.25) is 9.59 Å². The predicted molar refractivity (Wildman–Crippen MR) is 115 cm³/mol. The number of imide groups is 1. The second-order valence-electron chi connectivity index (χ2n) is 7.58. The van der Waals surface area contributed by atoms with Gasteiger partial charge in [0.05, 0.1) is 25.3 Å². The predicted octanol–water partition coefficient (Wildman–Crippen LogP) is 2.41. The quantitative estimate of drug-likeness (QED) is 0.594. The number of benzene rings is 2. The van der Waals surface area contributed by atoms with Gasteiger partial charge in [-0.15, -0.1) is 0 Å². The average molecular weight is 421 g/mol. The Kier molecular flexibility index (Phi) is 4.99. The van der Waals surface area contributed by atoms with Crippen LogP contribution in [0, 0.1) is 0 Å². The van der Waals surface area contributed by atoms with Crippen molar-refractivity contribution >= 4 is 28.4 Å². The monoisotopic (exact) mass is 421 g/mol. The average Bonchev–Trinajstić information content (AvgIpc) is 3.33. The van der Waals surface area contributed by atoms with Crippen LogP contribution in [0.15, 0.2) is 42.6 Å². The topological polar surface area (TPSA) is 92.9 Å². The number of rotatable bonds is 6. The van der Waals surface area contributed by atoms with E-state index in [0.29, 0.717) is 36.9 Å². The van der Waals surface area contributed by atoms with Crippen molar-refractivity contribution in [2.75, 3.05) is 31.8 Å². The number of anilines is 1. The molecule has 1 atom stereocenters. The van der Waals surface area contributed by atoms with Crippen LogP contribution in [0.5, 0.6) is 17.2 Å². The number of hydrogen-bond acceptors (Lipinski definition) is 6. The zero-order chi connectivity index (χ0) is 21.4. The normalized spacial score (nSPS) is 18.1. The molecule has 2 aliphatic heterocycles. The third-order valence-electron chi connectivity index (χ3n) is 5.69. The van der Waals surface area contributed by atoms with Crippen LogP contribution in [0.3, 0.4) is 0 Å². The molecule has 0 bridgehead atoms. The van der Waals surface area contributed by atoms with Gasteiger partial charge in [-0.1, -0.05) is 0 Å². The Balaban J connectivity index is 1.25. The summed E-state index contributed by atoms with van der Waals surface area (Å²) in [6, 6.07) is 10.5. The first-order chi connectivity index (χ1) is 15.1. The molecule has 31 heavy (non-hydrogen) atoms. The summed E-state index contributed by atoms with van der Waals surface area (Å²) >= 11 is 0. The smallest absolute Gasteiger partial charge is 0.251 e. The number of aromatic amines is 1. The van der Waals surface area contributed by atoms with Crippen LogP contribution in [0.1, 0.15) is 12.0 Å². The van der Waals surface area contributed by atoms with Crippen LogP contribution >= 0.6 is 0 Å². The van der Waals surface area contributed by atoms with Crippen LogP contribution < -0.4 is 24.4 Å². The molecular formula is C23H23N3O5. The molecule has 1 aromatic heterocycles. The maximum Gasteiger partial charge on any atom is 0.251 e. The maximum absolute atomic E-state index is 12.9. The van der Waals surface area contributed by atoms with E-state index in [1.54, 1.807) is 25.3 Å². The summed E-state index contributed by atoms with van der Waals surface area (Å²) in [5.41, 5.74) is 2.67. The van der Waals surface area contributed by atoms with Gasteiger partial charge in [0.2, 0.25) is 5.91 Å². The van der Waals surface area contributed by atoms with Crippen LogP contribution in [0.4, 0.5) is 5.69 Å². The molecule has 2 N–H and O–H groups in total. The van der Waals surface area contributed by atoms with E-state index in [1.165, 1.54) is 4.90 Å². The lowest BCUT2D eigenvalue weighted by Crippen LogP contribution is -2.39. The van der Waals surface area contributed by atoms with Crippen molar-refractivity contribution in [1.29, 1.82) is 0 Å². The molecule has 0 spiro atoms. The van der Waals surface area contributed by atoms with Crippen molar-refractivity contribution in [2.45, 2.75) is 18.9 Å². The number of hydrogen-bond donors (Lipinski definition) is 2. The van der Waals surface area contributed by atoms with Gasteiger partial charge in [-0.25, -0.2) is 4.90 Å². The van der Waals surface area contributed by atoms with Crippen molar-refractivity contribution < 1.29 is 23.8 Å². The minimum Gasteiger partial charge on any atom is -0.497 e. The van der Waals surface area contributed by atoms with Crippen LogP contribution in [-0.2, 0) is 16.0 Å². The van der Waals surface area contributed by atoms with Gasteiger partial charge in [-0.2, -0.15) is 0 Å². The Morgan fingerprint density at radius 1 is 1.13 bits per heavy atom. The summed E-state index contributed by atoms with van der Waals surface area (Å²) in [5, 5.41) is 4.33. The zero-order valence-corrected chi connectivity index (χ0v) is 17.1. The highest BCUT2D eigenvalue weighted by atomic mass is 16.6. The fraction of sp³-hybridized carbons (Fsp3) is 0.304. The molecule has 2 aliphatic rings. The molecule has 5 rings (SSSR count). The van der Waals surface area contributed by atoms with E-state index in [4.69, 9.17) is 14.2 Å². The van der Waals surface area contributed by atoms with Crippen LogP contribution in [0.2, 0.25) is 0 Å². The van der Waals surface area contributed by atoms with Gasteiger partial charge in [0.15, 0.2) is 11.5 Å². The van der Waals surface area contributed by atoms with Gasteiger partial charge in [0.25, 0.3) is 5.91 Å². The minimum atomic E-state index is -0.541. The third kappa shape index (κ3) is 3.59. The molecule has 0 aliphatic carbocycles. The van der Waals surface area contributed by atoms with Crippen molar-refractivity contribution in [3.63, 3.8) is 0 Å². The lowest BCUT2D eigenvalue weighted by molar-refractivity contribution is -0.121. The Morgan fingerprint density at radius 2 is 1.97 bits per heavy atom. The molecule has 2 aromatic carbocycles. The molecule has 2 amide bonds. The summed E-state index contributed by atoms with van der Waals surface area (Å²) in [6.07, 6.45) is 2.82. The first kappa shape index (κ1) is 19.4. The summed E-state index contributed by atoms with van der Waals surface area (Å²) in [7, 11) is 1.64. The molecule has 3 aromatic rings. The molecule has 1 unspecified atom stereocenters. The lowest BCUT2D eigenvalue weighted by Gasteiger charge is -2.21. The van der Waals surface area contributed by atoms with Crippen molar-refractivity contribution in [1.82, 2.24) is 10.3 Å². The van der Waals surface area contributed by atoms with Crippen molar-refractivity contribution in [2.24, 2.45) is 0 Å². The Hall–Kier alpha value is -3.52. The number of fused-ring (bicyclic) bond motifs is 2. The van der Waals surface area contributed by atoms with Gasteiger partial charge < -0.3 is 24.5 Å². The van der Waals surface area contributed by atoms with Crippen molar-refractivity contribution in [3.8, 4) is 17.2 Å². The first-order valence-electron chi connectivity index (χ1n) is 10.3. The SMILES string of the molecule is COc1ccc2[nH]cc(CCNC3CC(=O)N(c4ccc5c(c4)OCCO5)C3=O)c2c1. The first-order valence-corrected chi connectivity index (χ1v) is 10.3. The highest BCUT2D eigenvalue weighted by Crippen LogP contribution is 2.35. The summed E-state index contributed by atoms with van der Waals surface area (Å²) in [5.74, 6) is 1.50. The second-order valence-corrected chi connectivity index (χ2v) is 7.58. The zero-order valence-electron chi connectivity index (χ0n) is 17.1. The van der Waals surface area contributed by atoms with Gasteiger partial charge in [0.1, 0.15) is 19.0 Å². The number of aromatic nitrogens is 1. The molecule has 0 saturated carbocycles. The molecule has 0 radical (unpaired) electrons. The fourth-order valence-electron chi connectivity index (χ4n) is 4.11. The standard InChI is InChI=1S/C23H23N3O5/c1-29-16-3-4-18-17(11-16)14(13-25-18)6-7-24-19-12-22(27)26(23(19)28)15-2-5-20-21(10-15)31-9-8-30-20/h2-5,10-11,13,19,24-25H,6-9,12H2,1H3. The minimum absolute atomic E-state index is 0.134. The van der Waals surface area contributed by atoms with E-state index < -0.39 is 6.04 Å². The van der Waals surface area contributed by atoms with E-state index in [-0.39, 0.29) is 18.2 Å². The number of amides is 2. The Morgan fingerprint density at radius 3 is 2.81 bits per heavy atom. The van der Waals surface area contributed by atoms with Gasteiger partial charge in [-0.05, 0) is 42.3 Å². The van der Waals surface area contributed by atoms with E-state index in [2.05, 4.69) is 10.3 Å². The third-order valence-corrected chi connectivity index (χ3v) is 5.69. The fourth-order valence-corrected chi connectivity index (χ4v) is 4.11. The highest BCUT2D eigenvalue weighted by Gasteiger charge is 2.39. The molecule has 8 nitrogen and oxygen atoms in total. The number of nitrogens with zero attached hydrogens (tertiary/aromatic N) is 1. The Bertz CT molecular complexity index is 1160. The van der Waals surface area contributed by atoms with Crippen molar-refractivity contribution in [3.05, 3.63) is 48.2 Å². The number of carbonyl (C=O) groups excluding carboxylic acids is 2. The summed E-state index contributed by atoms with van der Waals surface area (Å²) in [4.78, 5) is 30.0. The maximum atomic E-state index is 12.9. The van der Waals surface area contributed by atoms with E-state index >= 15 is 0 Å². The molecule has 3 heterocycles. The van der Waals surface area contributed by atoms with Gasteiger partial charge in [0, 0.05) is 29.7 Å². The van der Waals surface area contributed by atoms with Crippen LogP contribution in [-0.4, -0.2) is 49.7 Å². The van der Waals surface area contributed by atoms with E-state index in [9.17, 15) is 9.59 Å². The molecule has 1 saturated heterocycles. The highest BCUT2D eigenvalue weighted by molar-refractivity contribution is 6.22. The van der Waals surface area contributed by atoms with Crippen LogP contribution in [0.25, 0.3) is 10.9 Å². The van der Waals surface area contributed by atoms with E-state index in [1.807, 2.05) is 24.4 Å². The van der Waals surface area contributed by atoms with Gasteiger partial charge >= 0.3 is 0 Å². The number of nitrogens with one attached hydrogen (secondary N) is 2. The summed E-state index contributed by atoms with van der Waals surface area (Å²) < 4.78 is 16.4. The molecule has 160 valence electrons. The molecule has 8 heteroatoms. The lowest BCUT2D eigenvalue weighted by atomic mass is 10.1. The number of ether oxygens (including phenoxy) is 3.